The van der Waals surface area contributed by atoms with Crippen LogP contribution in [0.2, 0.25) is 10.0 Å². The Balaban J connectivity index is 1.50. The Morgan fingerprint density at radius 2 is 1.50 bits per heavy atom. The van der Waals surface area contributed by atoms with Crippen LogP contribution in [-0.4, -0.2) is 17.5 Å². The van der Waals surface area contributed by atoms with E-state index in [0.29, 0.717) is 27.3 Å². The van der Waals surface area contributed by atoms with Crippen molar-refractivity contribution in [2.45, 2.75) is 0 Å². The van der Waals surface area contributed by atoms with E-state index in [4.69, 9.17) is 27.9 Å². The minimum Gasteiger partial charge on any atom is -0.484 e. The Morgan fingerprint density at radius 1 is 0.885 bits per heavy atom. The van der Waals surface area contributed by atoms with Crippen molar-refractivity contribution < 1.29 is 9.53 Å². The molecule has 2 aromatic carbocycles. The van der Waals surface area contributed by atoms with Crippen LogP contribution < -0.4 is 15.4 Å². The average molecular weight is 388 g/mol. The topological polar surface area (TPSA) is 63.2 Å². The summed E-state index contributed by atoms with van der Waals surface area (Å²) in [5.41, 5.74) is 1.45. The molecule has 0 bridgehead atoms. The summed E-state index contributed by atoms with van der Waals surface area (Å²) in [6, 6.07) is 17.6. The molecule has 5 nitrogen and oxygen atoms in total. The van der Waals surface area contributed by atoms with Crippen LogP contribution in [0.3, 0.4) is 0 Å². The number of hydrogen-bond donors (Lipinski definition) is 2. The van der Waals surface area contributed by atoms with Crippen molar-refractivity contribution >= 4 is 46.3 Å². The highest BCUT2D eigenvalue weighted by molar-refractivity contribution is 6.30. The molecule has 132 valence electrons. The number of ether oxygens (including phenoxy) is 1. The van der Waals surface area contributed by atoms with E-state index in [9.17, 15) is 4.79 Å². The first kappa shape index (κ1) is 18.0. The molecule has 3 aromatic rings. The van der Waals surface area contributed by atoms with Crippen molar-refractivity contribution in [3.63, 3.8) is 0 Å². The van der Waals surface area contributed by atoms with Gasteiger partial charge in [-0.2, -0.15) is 0 Å². The van der Waals surface area contributed by atoms with E-state index in [1.807, 2.05) is 12.1 Å². The highest BCUT2D eigenvalue weighted by Crippen LogP contribution is 2.19. The first-order valence-electron chi connectivity index (χ1n) is 7.75. The number of carbonyl (C=O) groups excluding carboxylic acids is 1. The Labute approximate surface area is 160 Å². The summed E-state index contributed by atoms with van der Waals surface area (Å²) < 4.78 is 5.39. The van der Waals surface area contributed by atoms with Gasteiger partial charge in [0.05, 0.1) is 11.9 Å². The number of nitrogens with zero attached hydrogens (tertiary/aromatic N) is 1. The number of rotatable bonds is 6. The van der Waals surface area contributed by atoms with Gasteiger partial charge in [-0.05, 0) is 60.7 Å². The van der Waals surface area contributed by atoms with Crippen molar-refractivity contribution in [1.29, 1.82) is 0 Å². The van der Waals surface area contributed by atoms with Gasteiger partial charge in [0.1, 0.15) is 11.6 Å². The second-order valence-corrected chi connectivity index (χ2v) is 6.23. The van der Waals surface area contributed by atoms with Crippen LogP contribution in [0.5, 0.6) is 5.75 Å². The van der Waals surface area contributed by atoms with E-state index in [1.54, 1.807) is 54.7 Å². The van der Waals surface area contributed by atoms with Crippen LogP contribution in [-0.2, 0) is 4.79 Å². The zero-order valence-electron chi connectivity index (χ0n) is 13.6. The number of halogens is 2. The molecule has 0 spiro atoms. The van der Waals surface area contributed by atoms with Crippen LogP contribution in [0.1, 0.15) is 0 Å². The number of pyridine rings is 1. The van der Waals surface area contributed by atoms with E-state index in [0.717, 1.165) is 5.69 Å². The summed E-state index contributed by atoms with van der Waals surface area (Å²) in [4.78, 5) is 16.2. The minimum absolute atomic E-state index is 0.105. The van der Waals surface area contributed by atoms with Crippen LogP contribution >= 0.6 is 23.2 Å². The minimum atomic E-state index is -0.278. The van der Waals surface area contributed by atoms with Gasteiger partial charge in [0.2, 0.25) is 0 Å². The quantitative estimate of drug-likeness (QED) is 0.613. The molecule has 0 unspecified atom stereocenters. The van der Waals surface area contributed by atoms with E-state index < -0.39 is 0 Å². The van der Waals surface area contributed by atoms with Crippen molar-refractivity contribution in [1.82, 2.24) is 4.98 Å². The summed E-state index contributed by atoms with van der Waals surface area (Å²) in [5.74, 6) is 0.952. The predicted octanol–water partition coefficient (Wildman–Crippen LogP) is 5.15. The Morgan fingerprint density at radius 3 is 2.12 bits per heavy atom. The van der Waals surface area contributed by atoms with E-state index in [2.05, 4.69) is 15.6 Å². The monoisotopic (exact) mass is 387 g/mol. The molecular weight excluding hydrogens is 373 g/mol. The molecule has 3 rings (SSSR count). The second-order valence-electron chi connectivity index (χ2n) is 5.35. The molecule has 1 aromatic heterocycles. The zero-order chi connectivity index (χ0) is 18.4. The molecule has 0 fully saturated rings. The number of nitrogens with one attached hydrogen (secondary N) is 2. The van der Waals surface area contributed by atoms with Crippen molar-refractivity contribution in [2.75, 3.05) is 17.2 Å². The van der Waals surface area contributed by atoms with Gasteiger partial charge < -0.3 is 15.4 Å². The van der Waals surface area contributed by atoms with Crippen LogP contribution in [0, 0.1) is 0 Å². The molecule has 2 N–H and O–H groups in total. The normalized spacial score (nSPS) is 10.2. The number of hydrogen-bond acceptors (Lipinski definition) is 4. The SMILES string of the molecule is O=C(COc1ccc(Cl)cc1)Nc1ccc(Nc2ccc(Cl)cc2)nc1. The third-order valence-corrected chi connectivity index (χ3v) is 3.85. The van der Waals surface area contributed by atoms with E-state index >= 15 is 0 Å². The lowest BCUT2D eigenvalue weighted by molar-refractivity contribution is -0.118. The zero-order valence-corrected chi connectivity index (χ0v) is 15.1. The van der Waals surface area contributed by atoms with Gasteiger partial charge in [0, 0.05) is 15.7 Å². The van der Waals surface area contributed by atoms with Gasteiger partial charge in [0.25, 0.3) is 5.91 Å². The fraction of sp³-hybridized carbons (Fsp3) is 0.0526. The number of anilines is 3. The molecule has 0 aliphatic rings. The molecule has 0 saturated heterocycles. The molecule has 0 saturated carbocycles. The average Bonchev–Trinajstić information content (AvgIpc) is 2.65. The van der Waals surface area contributed by atoms with Crippen molar-refractivity contribution in [2.24, 2.45) is 0 Å². The number of carbonyl (C=O) groups is 1. The Kier molecular flexibility index (Phi) is 5.94. The standard InChI is InChI=1S/C19H15Cl2N3O2/c20-13-1-5-15(6-2-13)23-18-10-7-16(11-22-18)24-19(25)12-26-17-8-3-14(21)4-9-17/h1-11H,12H2,(H,22,23)(H,24,25). The highest BCUT2D eigenvalue weighted by Gasteiger charge is 2.05. The summed E-state index contributed by atoms with van der Waals surface area (Å²) in [6.07, 6.45) is 1.57. The number of amides is 1. The number of aromatic nitrogens is 1. The van der Waals surface area contributed by atoms with Gasteiger partial charge in [-0.1, -0.05) is 23.2 Å². The van der Waals surface area contributed by atoms with E-state index in [1.165, 1.54) is 0 Å². The fourth-order valence-electron chi connectivity index (χ4n) is 2.10. The van der Waals surface area contributed by atoms with Crippen LogP contribution in [0.15, 0.2) is 66.9 Å². The smallest absolute Gasteiger partial charge is 0.262 e. The molecule has 0 aliphatic carbocycles. The van der Waals surface area contributed by atoms with Gasteiger partial charge in [-0.25, -0.2) is 4.98 Å². The molecule has 1 heterocycles. The molecule has 0 aliphatic heterocycles. The first-order chi connectivity index (χ1) is 12.6. The molecular formula is C19H15Cl2N3O2. The largest absolute Gasteiger partial charge is 0.484 e. The lowest BCUT2D eigenvalue weighted by Crippen LogP contribution is -2.20. The molecule has 26 heavy (non-hydrogen) atoms. The summed E-state index contributed by atoms with van der Waals surface area (Å²) >= 11 is 11.7. The molecule has 1 amide bonds. The molecule has 0 atom stereocenters. The second kappa shape index (κ2) is 8.56. The predicted molar refractivity (Wildman–Crippen MR) is 105 cm³/mol. The summed E-state index contributed by atoms with van der Waals surface area (Å²) in [7, 11) is 0. The summed E-state index contributed by atoms with van der Waals surface area (Å²) in [5, 5.41) is 7.15. The van der Waals surface area contributed by atoms with Gasteiger partial charge in [0.15, 0.2) is 6.61 Å². The Bertz CT molecular complexity index is 867. The van der Waals surface area contributed by atoms with Gasteiger partial charge in [-0.15, -0.1) is 0 Å². The first-order valence-corrected chi connectivity index (χ1v) is 8.51. The Hall–Kier alpha value is -2.76. The van der Waals surface area contributed by atoms with E-state index in [-0.39, 0.29) is 12.5 Å². The maximum atomic E-state index is 11.9. The van der Waals surface area contributed by atoms with Gasteiger partial charge >= 0.3 is 0 Å². The lowest BCUT2D eigenvalue weighted by Gasteiger charge is -2.09. The van der Waals surface area contributed by atoms with Crippen molar-refractivity contribution in [3.05, 3.63) is 76.9 Å². The molecule has 0 radical (unpaired) electrons. The third-order valence-electron chi connectivity index (χ3n) is 3.35. The summed E-state index contributed by atoms with van der Waals surface area (Å²) in [6.45, 7) is -0.105. The fourth-order valence-corrected chi connectivity index (χ4v) is 2.35. The number of benzene rings is 2. The third kappa shape index (κ3) is 5.37. The maximum Gasteiger partial charge on any atom is 0.262 e. The van der Waals surface area contributed by atoms with Crippen LogP contribution in [0.4, 0.5) is 17.2 Å². The van der Waals surface area contributed by atoms with Gasteiger partial charge in [-0.3, -0.25) is 4.79 Å². The molecule has 7 heteroatoms. The lowest BCUT2D eigenvalue weighted by atomic mass is 10.3. The highest BCUT2D eigenvalue weighted by atomic mass is 35.5. The van der Waals surface area contributed by atoms with Crippen molar-refractivity contribution in [3.8, 4) is 5.75 Å². The maximum absolute atomic E-state index is 11.9. The van der Waals surface area contributed by atoms with Crippen LogP contribution in [0.25, 0.3) is 0 Å².